The van der Waals surface area contributed by atoms with Gasteiger partial charge in [-0.15, -0.1) is 0 Å². The summed E-state index contributed by atoms with van der Waals surface area (Å²) in [4.78, 5) is 28.0. The third-order valence-corrected chi connectivity index (χ3v) is 4.04. The Bertz CT molecular complexity index is 731. The van der Waals surface area contributed by atoms with Crippen molar-refractivity contribution in [1.82, 2.24) is 0 Å². The van der Waals surface area contributed by atoms with E-state index >= 15 is 0 Å². The largest absolute Gasteiger partial charge is 0.311 e. The average Bonchev–Trinajstić information content (AvgIpc) is 2.55. The van der Waals surface area contributed by atoms with E-state index in [-0.39, 0.29) is 18.4 Å². The number of carbonyl (C=O) groups excluding carboxylic acids is 2. The van der Waals surface area contributed by atoms with Crippen LogP contribution in [0.4, 0.5) is 11.4 Å². The first kappa shape index (κ1) is 18.0. The van der Waals surface area contributed by atoms with Crippen molar-refractivity contribution < 1.29 is 9.59 Å². The smallest absolute Gasteiger partial charge is 0.247 e. The molecule has 0 aliphatic carbocycles. The third-order valence-electron chi connectivity index (χ3n) is 3.81. The monoisotopic (exact) mass is 344 g/mol. The Morgan fingerprint density at radius 2 is 1.71 bits per heavy atom. The van der Waals surface area contributed by atoms with Crippen molar-refractivity contribution in [2.45, 2.75) is 20.8 Å². The summed E-state index contributed by atoms with van der Waals surface area (Å²) >= 11 is 5.98. The van der Waals surface area contributed by atoms with E-state index in [0.717, 1.165) is 11.3 Å². The SMILES string of the molecule is CCN(C(=O)CN(C(C)=O)c1ccc(Cl)cc1C)c1ccccc1. The molecule has 0 radical (unpaired) electrons. The number of para-hydroxylation sites is 1. The molecule has 4 nitrogen and oxygen atoms in total. The molecule has 2 rings (SSSR count). The highest BCUT2D eigenvalue weighted by Gasteiger charge is 2.21. The highest BCUT2D eigenvalue weighted by atomic mass is 35.5. The Balaban J connectivity index is 2.27. The molecule has 0 aliphatic heterocycles. The number of likely N-dealkylation sites (N-methyl/N-ethyl adjacent to an activating group) is 1. The number of benzene rings is 2. The predicted octanol–water partition coefficient (Wildman–Crippen LogP) is 4.05. The van der Waals surface area contributed by atoms with E-state index in [2.05, 4.69) is 0 Å². The van der Waals surface area contributed by atoms with Crippen LogP contribution >= 0.6 is 11.6 Å². The highest BCUT2D eigenvalue weighted by Crippen LogP contribution is 2.24. The van der Waals surface area contributed by atoms with E-state index in [1.54, 1.807) is 23.1 Å². The molecule has 0 heterocycles. The summed E-state index contributed by atoms with van der Waals surface area (Å²) in [5.74, 6) is -0.314. The lowest BCUT2D eigenvalue weighted by Gasteiger charge is -2.27. The number of rotatable bonds is 5. The molecule has 2 aromatic rings. The van der Waals surface area contributed by atoms with E-state index in [1.807, 2.05) is 44.2 Å². The van der Waals surface area contributed by atoms with Gasteiger partial charge in [0.25, 0.3) is 0 Å². The standard InChI is InChI=1S/C19H21ClN2O2/c1-4-21(17-8-6-5-7-9-17)19(24)13-22(15(3)23)18-11-10-16(20)12-14(18)2/h5-12H,4,13H2,1-3H3. The van der Waals surface area contributed by atoms with Gasteiger partial charge in [0.2, 0.25) is 11.8 Å². The predicted molar refractivity (Wildman–Crippen MR) is 98.7 cm³/mol. The fourth-order valence-corrected chi connectivity index (χ4v) is 2.85. The second-order valence-electron chi connectivity index (χ2n) is 5.51. The molecule has 24 heavy (non-hydrogen) atoms. The number of anilines is 2. The minimum absolute atomic E-state index is 0.0134. The number of amides is 2. The van der Waals surface area contributed by atoms with Crippen molar-refractivity contribution in [2.75, 3.05) is 22.9 Å². The maximum atomic E-state index is 12.7. The van der Waals surface area contributed by atoms with Gasteiger partial charge in [0.15, 0.2) is 0 Å². The third kappa shape index (κ3) is 4.15. The van der Waals surface area contributed by atoms with E-state index in [0.29, 0.717) is 17.3 Å². The topological polar surface area (TPSA) is 40.6 Å². The van der Waals surface area contributed by atoms with Crippen LogP contribution < -0.4 is 9.80 Å². The summed E-state index contributed by atoms with van der Waals surface area (Å²) in [6.45, 7) is 5.77. The number of aryl methyl sites for hydroxylation is 1. The van der Waals surface area contributed by atoms with E-state index in [4.69, 9.17) is 11.6 Å². The first-order valence-electron chi connectivity index (χ1n) is 7.83. The van der Waals surface area contributed by atoms with Crippen LogP contribution in [0.5, 0.6) is 0 Å². The molecular formula is C19H21ClN2O2. The molecule has 2 amide bonds. The lowest BCUT2D eigenvalue weighted by molar-refractivity contribution is -0.121. The van der Waals surface area contributed by atoms with Crippen molar-refractivity contribution in [1.29, 1.82) is 0 Å². The van der Waals surface area contributed by atoms with Crippen LogP contribution in [-0.4, -0.2) is 24.9 Å². The number of halogens is 1. The van der Waals surface area contributed by atoms with Crippen molar-refractivity contribution in [3.05, 3.63) is 59.1 Å². The Hall–Kier alpha value is -2.33. The molecule has 126 valence electrons. The van der Waals surface area contributed by atoms with Crippen LogP contribution in [0.25, 0.3) is 0 Å². The highest BCUT2D eigenvalue weighted by molar-refractivity contribution is 6.30. The van der Waals surface area contributed by atoms with Crippen molar-refractivity contribution in [3.63, 3.8) is 0 Å². The molecule has 0 fully saturated rings. The van der Waals surface area contributed by atoms with Gasteiger partial charge in [0.05, 0.1) is 0 Å². The molecule has 0 spiro atoms. The van der Waals surface area contributed by atoms with Gasteiger partial charge in [-0.1, -0.05) is 29.8 Å². The number of hydrogen-bond acceptors (Lipinski definition) is 2. The van der Waals surface area contributed by atoms with Gasteiger partial charge >= 0.3 is 0 Å². The second kappa shape index (κ2) is 7.97. The minimum Gasteiger partial charge on any atom is -0.311 e. The summed E-state index contributed by atoms with van der Waals surface area (Å²) < 4.78 is 0. The first-order chi connectivity index (χ1) is 11.4. The molecule has 0 aromatic heterocycles. The molecule has 0 saturated carbocycles. The quantitative estimate of drug-likeness (QED) is 0.820. The van der Waals surface area contributed by atoms with E-state index < -0.39 is 0 Å². The van der Waals surface area contributed by atoms with E-state index in [1.165, 1.54) is 11.8 Å². The van der Waals surface area contributed by atoms with Gasteiger partial charge < -0.3 is 9.80 Å². The summed E-state index contributed by atoms with van der Waals surface area (Å²) in [6, 6.07) is 14.7. The summed E-state index contributed by atoms with van der Waals surface area (Å²) in [5.41, 5.74) is 2.37. The number of carbonyl (C=O) groups is 2. The minimum atomic E-state index is -0.183. The maximum Gasteiger partial charge on any atom is 0.247 e. The zero-order valence-corrected chi connectivity index (χ0v) is 14.9. The Morgan fingerprint density at radius 1 is 1.04 bits per heavy atom. The molecular weight excluding hydrogens is 324 g/mol. The lowest BCUT2D eigenvalue weighted by Crippen LogP contribution is -2.42. The molecule has 0 aliphatic rings. The van der Waals surface area contributed by atoms with Gasteiger partial charge in [-0.25, -0.2) is 0 Å². The summed E-state index contributed by atoms with van der Waals surface area (Å²) in [5, 5.41) is 0.602. The second-order valence-corrected chi connectivity index (χ2v) is 5.95. The Labute approximate surface area is 147 Å². The summed E-state index contributed by atoms with van der Waals surface area (Å²) in [7, 11) is 0. The molecule has 0 atom stereocenters. The Kier molecular flexibility index (Phi) is 5.99. The van der Waals surface area contributed by atoms with Crippen LogP contribution in [0.3, 0.4) is 0 Å². The molecule has 2 aromatic carbocycles. The molecule has 0 N–H and O–H groups in total. The van der Waals surface area contributed by atoms with Gasteiger partial charge in [0, 0.05) is 29.9 Å². The molecule has 0 saturated heterocycles. The van der Waals surface area contributed by atoms with Crippen LogP contribution in [-0.2, 0) is 9.59 Å². The zero-order valence-electron chi connectivity index (χ0n) is 14.1. The normalized spacial score (nSPS) is 10.3. The van der Waals surface area contributed by atoms with Gasteiger partial charge in [-0.3, -0.25) is 9.59 Å². The fraction of sp³-hybridized carbons (Fsp3) is 0.263. The van der Waals surface area contributed by atoms with Crippen molar-refractivity contribution >= 4 is 34.8 Å². The van der Waals surface area contributed by atoms with Crippen molar-refractivity contribution in [2.24, 2.45) is 0 Å². The molecule has 5 heteroatoms. The number of hydrogen-bond donors (Lipinski definition) is 0. The summed E-state index contributed by atoms with van der Waals surface area (Å²) in [6.07, 6.45) is 0. The van der Waals surface area contributed by atoms with Gasteiger partial charge in [-0.2, -0.15) is 0 Å². The zero-order chi connectivity index (χ0) is 17.7. The van der Waals surface area contributed by atoms with Crippen molar-refractivity contribution in [3.8, 4) is 0 Å². The molecule has 0 unspecified atom stereocenters. The molecule has 0 bridgehead atoms. The maximum absolute atomic E-state index is 12.7. The number of nitrogens with zero attached hydrogens (tertiary/aromatic N) is 2. The van der Waals surface area contributed by atoms with Gasteiger partial charge in [-0.05, 0) is 49.7 Å². The first-order valence-corrected chi connectivity index (χ1v) is 8.21. The van der Waals surface area contributed by atoms with Crippen LogP contribution in [0, 0.1) is 6.92 Å². The average molecular weight is 345 g/mol. The van der Waals surface area contributed by atoms with Crippen LogP contribution in [0.15, 0.2) is 48.5 Å². The van der Waals surface area contributed by atoms with Crippen LogP contribution in [0.1, 0.15) is 19.4 Å². The van der Waals surface area contributed by atoms with E-state index in [9.17, 15) is 9.59 Å². The van der Waals surface area contributed by atoms with Gasteiger partial charge in [0.1, 0.15) is 6.54 Å². The lowest BCUT2D eigenvalue weighted by atomic mass is 10.1. The van der Waals surface area contributed by atoms with Crippen LogP contribution in [0.2, 0.25) is 5.02 Å². The fourth-order valence-electron chi connectivity index (χ4n) is 2.62. The Morgan fingerprint density at radius 3 is 2.25 bits per heavy atom.